The van der Waals surface area contributed by atoms with Crippen LogP contribution in [0.5, 0.6) is 0 Å². The Kier molecular flexibility index (Phi) is 4.91. The lowest BCUT2D eigenvalue weighted by molar-refractivity contribution is -0.119. The van der Waals surface area contributed by atoms with Crippen molar-refractivity contribution in [2.24, 2.45) is 5.73 Å². The number of rotatable bonds is 3. The third kappa shape index (κ3) is 4.79. The molecule has 1 amide bonds. The number of carbonyl (C=O) groups excluding carboxylic acids is 1. The van der Waals surface area contributed by atoms with Gasteiger partial charge in [0.05, 0.1) is 13.1 Å². The Morgan fingerprint density at radius 3 is 3.07 bits per heavy atom. The molecule has 0 bridgehead atoms. The van der Waals surface area contributed by atoms with Crippen LogP contribution in [0, 0.1) is 11.8 Å². The number of aromatic nitrogens is 1. The summed E-state index contributed by atoms with van der Waals surface area (Å²) in [6, 6.07) is 3.83. The minimum atomic E-state index is -0.189. The monoisotopic (exact) mass is 203 g/mol. The number of nitrogens with one attached hydrogen (secondary N) is 1. The fraction of sp³-hybridized carbons (Fsp3) is 0.273. The maximum absolute atomic E-state index is 10.7. The Morgan fingerprint density at radius 2 is 2.40 bits per heavy atom. The van der Waals surface area contributed by atoms with E-state index in [0.717, 1.165) is 5.56 Å². The van der Waals surface area contributed by atoms with E-state index >= 15 is 0 Å². The number of hydrogen-bond donors (Lipinski definition) is 2. The van der Waals surface area contributed by atoms with E-state index in [4.69, 9.17) is 5.73 Å². The zero-order valence-electron chi connectivity index (χ0n) is 8.36. The highest BCUT2D eigenvalue weighted by atomic mass is 16.1. The molecule has 0 unspecified atom stereocenters. The van der Waals surface area contributed by atoms with Crippen LogP contribution in [-0.4, -0.2) is 24.0 Å². The summed E-state index contributed by atoms with van der Waals surface area (Å²) in [4.78, 5) is 14.7. The quantitative estimate of drug-likeness (QED) is 0.663. The zero-order valence-corrected chi connectivity index (χ0v) is 8.36. The third-order valence-corrected chi connectivity index (χ3v) is 1.70. The lowest BCUT2D eigenvalue weighted by Gasteiger charge is -1.95. The first-order chi connectivity index (χ1) is 7.33. The van der Waals surface area contributed by atoms with Crippen molar-refractivity contribution >= 4 is 5.91 Å². The van der Waals surface area contributed by atoms with E-state index in [9.17, 15) is 4.79 Å². The molecule has 78 valence electrons. The SMILES string of the molecule is NCC(=O)NCC#CCc1cccnc1. The molecule has 4 heteroatoms. The molecule has 0 aliphatic heterocycles. The molecular formula is C11H13N3O. The molecule has 4 nitrogen and oxygen atoms in total. The Hall–Kier alpha value is -1.86. The Balaban J connectivity index is 2.26. The summed E-state index contributed by atoms with van der Waals surface area (Å²) in [6.07, 6.45) is 4.14. The molecule has 0 fully saturated rings. The van der Waals surface area contributed by atoms with Gasteiger partial charge in [0.2, 0.25) is 5.91 Å². The van der Waals surface area contributed by atoms with Gasteiger partial charge in [0.1, 0.15) is 0 Å². The molecule has 1 heterocycles. The van der Waals surface area contributed by atoms with Gasteiger partial charge in [-0.15, -0.1) is 0 Å². The van der Waals surface area contributed by atoms with Crippen molar-refractivity contribution in [3.05, 3.63) is 30.1 Å². The van der Waals surface area contributed by atoms with E-state index in [2.05, 4.69) is 22.1 Å². The predicted octanol–water partition coefficient (Wildman–Crippen LogP) is -0.298. The van der Waals surface area contributed by atoms with Gasteiger partial charge in [-0.25, -0.2) is 0 Å². The zero-order chi connectivity index (χ0) is 10.9. The van der Waals surface area contributed by atoms with E-state index in [1.165, 1.54) is 0 Å². The molecule has 0 saturated carbocycles. The highest BCUT2D eigenvalue weighted by Crippen LogP contribution is 1.94. The van der Waals surface area contributed by atoms with Gasteiger partial charge in [0.25, 0.3) is 0 Å². The molecule has 0 aromatic carbocycles. The largest absolute Gasteiger partial charge is 0.344 e. The van der Waals surface area contributed by atoms with Crippen molar-refractivity contribution < 1.29 is 4.79 Å². The number of nitrogens with zero attached hydrogens (tertiary/aromatic N) is 1. The number of nitrogens with two attached hydrogens (primary N) is 1. The molecule has 0 spiro atoms. The van der Waals surface area contributed by atoms with Crippen molar-refractivity contribution in [2.45, 2.75) is 6.42 Å². The fourth-order valence-corrected chi connectivity index (χ4v) is 0.945. The third-order valence-electron chi connectivity index (χ3n) is 1.70. The molecule has 0 aliphatic carbocycles. The Morgan fingerprint density at radius 1 is 1.53 bits per heavy atom. The van der Waals surface area contributed by atoms with E-state index in [1.807, 2.05) is 12.1 Å². The molecule has 0 aliphatic rings. The summed E-state index contributed by atoms with van der Waals surface area (Å²) < 4.78 is 0. The minimum absolute atomic E-state index is 0.00425. The first-order valence-electron chi connectivity index (χ1n) is 4.64. The van der Waals surface area contributed by atoms with Gasteiger partial charge in [-0.2, -0.15) is 0 Å². The van der Waals surface area contributed by atoms with E-state index in [-0.39, 0.29) is 12.5 Å². The Bertz CT molecular complexity index is 364. The van der Waals surface area contributed by atoms with E-state index in [0.29, 0.717) is 13.0 Å². The van der Waals surface area contributed by atoms with Gasteiger partial charge in [0.15, 0.2) is 0 Å². The van der Waals surface area contributed by atoms with Crippen LogP contribution in [0.3, 0.4) is 0 Å². The summed E-state index contributed by atoms with van der Waals surface area (Å²) in [5.74, 6) is 5.58. The number of carbonyl (C=O) groups is 1. The smallest absolute Gasteiger partial charge is 0.234 e. The molecular weight excluding hydrogens is 190 g/mol. The van der Waals surface area contributed by atoms with Crippen LogP contribution in [0.2, 0.25) is 0 Å². The van der Waals surface area contributed by atoms with Crippen LogP contribution < -0.4 is 11.1 Å². The molecule has 15 heavy (non-hydrogen) atoms. The van der Waals surface area contributed by atoms with Crippen molar-refractivity contribution in [2.75, 3.05) is 13.1 Å². The second-order valence-electron chi connectivity index (χ2n) is 2.87. The second-order valence-corrected chi connectivity index (χ2v) is 2.87. The van der Waals surface area contributed by atoms with Crippen LogP contribution in [0.25, 0.3) is 0 Å². The highest BCUT2D eigenvalue weighted by molar-refractivity contribution is 5.77. The van der Waals surface area contributed by atoms with E-state index < -0.39 is 0 Å². The first-order valence-corrected chi connectivity index (χ1v) is 4.64. The molecule has 0 atom stereocenters. The molecule has 0 saturated heterocycles. The normalized spacial score (nSPS) is 8.87. The van der Waals surface area contributed by atoms with Crippen LogP contribution in [0.15, 0.2) is 24.5 Å². The maximum atomic E-state index is 10.7. The molecule has 0 radical (unpaired) electrons. The molecule has 1 aromatic heterocycles. The van der Waals surface area contributed by atoms with Crippen LogP contribution in [-0.2, 0) is 11.2 Å². The number of pyridine rings is 1. The van der Waals surface area contributed by atoms with Gasteiger partial charge < -0.3 is 11.1 Å². The highest BCUT2D eigenvalue weighted by Gasteiger charge is 1.91. The van der Waals surface area contributed by atoms with Crippen molar-refractivity contribution in [1.82, 2.24) is 10.3 Å². The standard InChI is InChI=1S/C11H13N3O/c12-8-11(15)14-7-2-1-4-10-5-3-6-13-9-10/h3,5-6,9H,4,7-8,12H2,(H,14,15). The average Bonchev–Trinajstić information content (AvgIpc) is 2.29. The van der Waals surface area contributed by atoms with Gasteiger partial charge in [0, 0.05) is 18.8 Å². The summed E-state index contributed by atoms with van der Waals surface area (Å²) in [6.45, 7) is 0.348. The molecule has 3 N–H and O–H groups in total. The topological polar surface area (TPSA) is 68.0 Å². The number of amides is 1. The van der Waals surface area contributed by atoms with Crippen LogP contribution in [0.1, 0.15) is 5.56 Å². The summed E-state index contributed by atoms with van der Waals surface area (Å²) in [5.41, 5.74) is 6.17. The summed E-state index contributed by atoms with van der Waals surface area (Å²) >= 11 is 0. The van der Waals surface area contributed by atoms with Crippen molar-refractivity contribution in [1.29, 1.82) is 0 Å². The molecule has 1 rings (SSSR count). The van der Waals surface area contributed by atoms with Gasteiger partial charge in [-0.3, -0.25) is 9.78 Å². The van der Waals surface area contributed by atoms with Gasteiger partial charge in [-0.1, -0.05) is 17.9 Å². The first kappa shape index (κ1) is 11.2. The Labute approximate surface area is 88.9 Å². The van der Waals surface area contributed by atoms with E-state index in [1.54, 1.807) is 12.4 Å². The number of hydrogen-bond acceptors (Lipinski definition) is 3. The van der Waals surface area contributed by atoms with Crippen LogP contribution >= 0.6 is 0 Å². The van der Waals surface area contributed by atoms with Gasteiger partial charge in [-0.05, 0) is 11.6 Å². The van der Waals surface area contributed by atoms with Gasteiger partial charge >= 0.3 is 0 Å². The lowest BCUT2D eigenvalue weighted by atomic mass is 10.2. The summed E-state index contributed by atoms with van der Waals surface area (Å²) in [5, 5.41) is 2.57. The second kappa shape index (κ2) is 6.57. The fourth-order valence-electron chi connectivity index (χ4n) is 0.945. The average molecular weight is 203 g/mol. The lowest BCUT2D eigenvalue weighted by Crippen LogP contribution is -2.30. The molecule has 1 aromatic rings. The van der Waals surface area contributed by atoms with Crippen molar-refractivity contribution in [3.8, 4) is 11.8 Å². The predicted molar refractivity (Wildman–Crippen MR) is 57.8 cm³/mol. The maximum Gasteiger partial charge on any atom is 0.234 e. The van der Waals surface area contributed by atoms with Crippen molar-refractivity contribution in [3.63, 3.8) is 0 Å². The summed E-state index contributed by atoms with van der Waals surface area (Å²) in [7, 11) is 0. The van der Waals surface area contributed by atoms with Crippen LogP contribution in [0.4, 0.5) is 0 Å². The minimum Gasteiger partial charge on any atom is -0.344 e.